The van der Waals surface area contributed by atoms with Gasteiger partial charge in [-0.15, -0.1) is 0 Å². The molecule has 0 radical (unpaired) electrons. The van der Waals surface area contributed by atoms with Crippen LogP contribution < -0.4 is 0 Å². The normalized spacial score (nSPS) is 17.6. The molecule has 0 amide bonds. The Morgan fingerprint density at radius 2 is 1.75 bits per heavy atom. The van der Waals surface area contributed by atoms with Crippen molar-refractivity contribution in [3.05, 3.63) is 58.7 Å². The van der Waals surface area contributed by atoms with Crippen LogP contribution in [0.1, 0.15) is 36.1 Å². The van der Waals surface area contributed by atoms with Crippen LogP contribution in [0.3, 0.4) is 0 Å². The molecule has 2 aliphatic carbocycles. The molecular weight excluding hydrogens is 192 g/mol. The minimum absolute atomic E-state index is 0.343. The highest BCUT2D eigenvalue weighted by Gasteiger charge is 2.45. The quantitative estimate of drug-likeness (QED) is 0.523. The van der Waals surface area contributed by atoms with Crippen LogP contribution in [0.15, 0.2) is 36.4 Å². The molecule has 0 aromatic heterocycles. The first-order valence-electron chi connectivity index (χ1n) is 5.95. The number of rotatable bonds is 0. The summed E-state index contributed by atoms with van der Waals surface area (Å²) in [6.07, 6.45) is 1.14. The van der Waals surface area contributed by atoms with Crippen molar-refractivity contribution in [3.63, 3.8) is 0 Å². The van der Waals surface area contributed by atoms with Gasteiger partial charge in [0.25, 0.3) is 0 Å². The highest BCUT2D eigenvalue weighted by Crippen LogP contribution is 2.55. The van der Waals surface area contributed by atoms with Crippen molar-refractivity contribution in [3.8, 4) is 11.1 Å². The summed E-state index contributed by atoms with van der Waals surface area (Å²) in [7, 11) is 0. The summed E-state index contributed by atoms with van der Waals surface area (Å²) in [5.41, 5.74) is 9.51. The van der Waals surface area contributed by atoms with E-state index in [-0.39, 0.29) is 0 Å². The monoisotopic (exact) mass is 206 g/mol. The third kappa shape index (κ3) is 0.824. The van der Waals surface area contributed by atoms with Crippen molar-refractivity contribution in [2.75, 3.05) is 0 Å². The molecule has 16 heavy (non-hydrogen) atoms. The molecule has 0 heteroatoms. The molecule has 0 bridgehead atoms. The van der Waals surface area contributed by atoms with Crippen LogP contribution in [-0.2, 0) is 11.8 Å². The maximum absolute atomic E-state index is 2.33. The standard InChI is InChI=1S/C16H14/c1-16(2)14-8-7-12-11-6-4-3-5-10(11)9-13(12)15(14)16/h3-8H,9H2,1-2H3. The summed E-state index contributed by atoms with van der Waals surface area (Å²) >= 11 is 0. The molecule has 78 valence electrons. The molecule has 2 aliphatic rings. The number of hydrogen-bond donors (Lipinski definition) is 0. The van der Waals surface area contributed by atoms with E-state index in [2.05, 4.69) is 50.2 Å². The van der Waals surface area contributed by atoms with Crippen molar-refractivity contribution >= 4 is 0 Å². The fourth-order valence-electron chi connectivity index (χ4n) is 3.29. The molecule has 0 atom stereocenters. The molecule has 2 aromatic carbocycles. The number of fused-ring (bicyclic) bond motifs is 5. The number of hydrogen-bond acceptors (Lipinski definition) is 0. The predicted molar refractivity (Wildman–Crippen MR) is 66.8 cm³/mol. The van der Waals surface area contributed by atoms with E-state index in [0.29, 0.717) is 5.41 Å². The minimum atomic E-state index is 0.343. The Balaban J connectivity index is 2.02. The van der Waals surface area contributed by atoms with Gasteiger partial charge in [-0.3, -0.25) is 0 Å². The summed E-state index contributed by atoms with van der Waals surface area (Å²) in [5.74, 6) is 0. The zero-order chi connectivity index (χ0) is 10.9. The van der Waals surface area contributed by atoms with Crippen LogP contribution in [0, 0.1) is 0 Å². The minimum Gasteiger partial charge on any atom is -0.0619 e. The molecule has 0 saturated carbocycles. The van der Waals surface area contributed by atoms with E-state index in [4.69, 9.17) is 0 Å². The maximum atomic E-state index is 2.33. The summed E-state index contributed by atoms with van der Waals surface area (Å²) in [5, 5.41) is 0. The Kier molecular flexibility index (Phi) is 1.29. The van der Waals surface area contributed by atoms with Crippen LogP contribution in [0.2, 0.25) is 0 Å². The predicted octanol–water partition coefficient (Wildman–Crippen LogP) is 3.90. The van der Waals surface area contributed by atoms with Gasteiger partial charge < -0.3 is 0 Å². The third-order valence-corrected chi connectivity index (χ3v) is 4.22. The molecular formula is C16H14. The van der Waals surface area contributed by atoms with E-state index in [1.807, 2.05) is 0 Å². The lowest BCUT2D eigenvalue weighted by Crippen LogP contribution is -1.92. The summed E-state index contributed by atoms with van der Waals surface area (Å²) in [4.78, 5) is 0. The van der Waals surface area contributed by atoms with E-state index in [1.54, 1.807) is 16.7 Å². The Labute approximate surface area is 95.9 Å². The van der Waals surface area contributed by atoms with Gasteiger partial charge in [-0.2, -0.15) is 0 Å². The summed E-state index contributed by atoms with van der Waals surface area (Å²) in [6, 6.07) is 13.4. The smallest absolute Gasteiger partial charge is 0.0155 e. The van der Waals surface area contributed by atoms with Crippen LogP contribution in [0.5, 0.6) is 0 Å². The molecule has 0 saturated heterocycles. The third-order valence-electron chi connectivity index (χ3n) is 4.22. The molecule has 0 heterocycles. The van der Waals surface area contributed by atoms with Crippen LogP contribution in [0.4, 0.5) is 0 Å². The van der Waals surface area contributed by atoms with E-state index >= 15 is 0 Å². The first-order chi connectivity index (χ1) is 7.69. The Hall–Kier alpha value is -1.56. The SMILES string of the molecule is CC1(C)c2ccc3c(c21)Cc1ccccc1-3. The van der Waals surface area contributed by atoms with E-state index in [0.717, 1.165) is 6.42 Å². The number of benzene rings is 2. The molecule has 0 spiro atoms. The van der Waals surface area contributed by atoms with Gasteiger partial charge in [0.1, 0.15) is 0 Å². The molecule has 0 nitrogen and oxygen atoms in total. The molecule has 0 aliphatic heterocycles. The largest absolute Gasteiger partial charge is 0.0619 e. The second-order valence-corrected chi connectivity index (χ2v) is 5.47. The van der Waals surface area contributed by atoms with Crippen molar-refractivity contribution in [1.29, 1.82) is 0 Å². The average molecular weight is 206 g/mol. The first kappa shape index (κ1) is 8.58. The molecule has 0 fully saturated rings. The fourth-order valence-corrected chi connectivity index (χ4v) is 3.29. The maximum Gasteiger partial charge on any atom is 0.0155 e. The van der Waals surface area contributed by atoms with Crippen molar-refractivity contribution in [1.82, 2.24) is 0 Å². The van der Waals surface area contributed by atoms with Gasteiger partial charge in [-0.05, 0) is 39.8 Å². The van der Waals surface area contributed by atoms with Crippen molar-refractivity contribution in [2.24, 2.45) is 0 Å². The van der Waals surface area contributed by atoms with Gasteiger partial charge in [0.15, 0.2) is 0 Å². The highest BCUT2D eigenvalue weighted by molar-refractivity contribution is 5.83. The topological polar surface area (TPSA) is 0 Å². The lowest BCUT2D eigenvalue weighted by atomic mass is 10.0. The Morgan fingerprint density at radius 3 is 2.62 bits per heavy atom. The van der Waals surface area contributed by atoms with E-state index in [1.165, 1.54) is 16.7 Å². The van der Waals surface area contributed by atoms with Crippen molar-refractivity contribution < 1.29 is 0 Å². The van der Waals surface area contributed by atoms with Crippen molar-refractivity contribution in [2.45, 2.75) is 25.7 Å². The molecule has 2 aromatic rings. The second-order valence-electron chi connectivity index (χ2n) is 5.47. The molecule has 4 rings (SSSR count). The molecule has 0 N–H and O–H groups in total. The summed E-state index contributed by atoms with van der Waals surface area (Å²) in [6.45, 7) is 4.67. The lowest BCUT2D eigenvalue weighted by molar-refractivity contribution is 0.788. The van der Waals surface area contributed by atoms with Gasteiger partial charge in [-0.25, -0.2) is 0 Å². The van der Waals surface area contributed by atoms with Gasteiger partial charge in [-0.1, -0.05) is 50.2 Å². The summed E-state index contributed by atoms with van der Waals surface area (Å²) < 4.78 is 0. The van der Waals surface area contributed by atoms with Crippen LogP contribution in [0.25, 0.3) is 11.1 Å². The van der Waals surface area contributed by atoms with Gasteiger partial charge in [0.05, 0.1) is 0 Å². The lowest BCUT2D eigenvalue weighted by Gasteiger charge is -1.99. The van der Waals surface area contributed by atoms with Crippen LogP contribution in [-0.4, -0.2) is 0 Å². The first-order valence-corrected chi connectivity index (χ1v) is 5.95. The van der Waals surface area contributed by atoms with Crippen LogP contribution >= 0.6 is 0 Å². The Bertz CT molecular complexity index is 618. The van der Waals surface area contributed by atoms with Gasteiger partial charge in [0.2, 0.25) is 0 Å². The second kappa shape index (κ2) is 2.40. The van der Waals surface area contributed by atoms with E-state index in [9.17, 15) is 0 Å². The van der Waals surface area contributed by atoms with E-state index < -0.39 is 0 Å². The Morgan fingerprint density at radius 1 is 0.938 bits per heavy atom. The van der Waals surface area contributed by atoms with Gasteiger partial charge in [0, 0.05) is 5.41 Å². The molecule has 0 unspecified atom stereocenters. The van der Waals surface area contributed by atoms with Gasteiger partial charge >= 0.3 is 0 Å². The zero-order valence-corrected chi connectivity index (χ0v) is 9.67. The average Bonchev–Trinajstić information content (AvgIpc) is 2.70. The zero-order valence-electron chi connectivity index (χ0n) is 9.67. The highest BCUT2D eigenvalue weighted by atomic mass is 14.5. The fraction of sp³-hybridized carbons (Fsp3) is 0.250.